The van der Waals surface area contributed by atoms with Crippen molar-refractivity contribution in [3.8, 4) is 11.5 Å². The van der Waals surface area contributed by atoms with Gasteiger partial charge in [-0.05, 0) is 31.0 Å². The molecule has 0 aliphatic carbocycles. The van der Waals surface area contributed by atoms with Crippen LogP contribution >= 0.6 is 0 Å². The van der Waals surface area contributed by atoms with Crippen molar-refractivity contribution < 1.29 is 19.4 Å². The lowest BCUT2D eigenvalue weighted by Gasteiger charge is -2.43. The SMILES string of the molecule is COc1ccc(C(=O)N2C3CCC2CC(O)(c2nccn2C)C3)cc1OC. The van der Waals surface area contributed by atoms with E-state index >= 15 is 0 Å². The van der Waals surface area contributed by atoms with Crippen LogP contribution in [-0.4, -0.2) is 51.8 Å². The minimum Gasteiger partial charge on any atom is -0.493 e. The largest absolute Gasteiger partial charge is 0.493 e. The summed E-state index contributed by atoms with van der Waals surface area (Å²) in [6, 6.07) is 5.25. The quantitative estimate of drug-likeness (QED) is 0.891. The molecule has 2 atom stereocenters. The fourth-order valence-corrected chi connectivity index (χ4v) is 4.67. The number of aromatic nitrogens is 2. The second-order valence-electron chi connectivity index (χ2n) is 7.47. The van der Waals surface area contributed by atoms with Gasteiger partial charge in [-0.2, -0.15) is 0 Å². The van der Waals surface area contributed by atoms with E-state index in [1.165, 1.54) is 0 Å². The van der Waals surface area contributed by atoms with Crippen LogP contribution in [0.1, 0.15) is 41.9 Å². The van der Waals surface area contributed by atoms with Crippen molar-refractivity contribution in [2.75, 3.05) is 14.2 Å². The van der Waals surface area contributed by atoms with E-state index in [4.69, 9.17) is 9.47 Å². The van der Waals surface area contributed by atoms with Gasteiger partial charge in [-0.3, -0.25) is 4.79 Å². The number of hydrogen-bond acceptors (Lipinski definition) is 5. The van der Waals surface area contributed by atoms with Crippen molar-refractivity contribution in [3.05, 3.63) is 42.0 Å². The first-order valence-corrected chi connectivity index (χ1v) is 9.21. The van der Waals surface area contributed by atoms with Crippen LogP contribution in [0.5, 0.6) is 11.5 Å². The molecular weight excluding hydrogens is 346 g/mol. The summed E-state index contributed by atoms with van der Waals surface area (Å²) in [5.74, 6) is 1.79. The second kappa shape index (κ2) is 6.56. The van der Waals surface area contributed by atoms with Gasteiger partial charge in [0.15, 0.2) is 11.5 Å². The number of aryl methyl sites for hydroxylation is 1. The Labute approximate surface area is 158 Å². The number of imidazole rings is 1. The highest BCUT2D eigenvalue weighted by Gasteiger charge is 2.51. The van der Waals surface area contributed by atoms with Crippen molar-refractivity contribution in [1.29, 1.82) is 0 Å². The number of rotatable bonds is 4. The zero-order chi connectivity index (χ0) is 19.2. The molecule has 4 rings (SSSR count). The summed E-state index contributed by atoms with van der Waals surface area (Å²) in [4.78, 5) is 19.5. The van der Waals surface area contributed by atoms with Crippen molar-refractivity contribution in [1.82, 2.24) is 14.5 Å². The molecule has 7 heteroatoms. The molecule has 2 aromatic rings. The summed E-state index contributed by atoms with van der Waals surface area (Å²) in [7, 11) is 5.02. The third kappa shape index (κ3) is 2.86. The summed E-state index contributed by atoms with van der Waals surface area (Å²) in [5, 5.41) is 11.3. The van der Waals surface area contributed by atoms with Crippen LogP contribution < -0.4 is 9.47 Å². The van der Waals surface area contributed by atoms with E-state index in [2.05, 4.69) is 4.98 Å². The normalized spacial score (nSPS) is 26.9. The second-order valence-corrected chi connectivity index (χ2v) is 7.47. The number of hydrogen-bond donors (Lipinski definition) is 1. The summed E-state index contributed by atoms with van der Waals surface area (Å²) < 4.78 is 12.5. The molecule has 0 radical (unpaired) electrons. The number of carbonyl (C=O) groups is 1. The monoisotopic (exact) mass is 371 g/mol. The van der Waals surface area contributed by atoms with Crippen LogP contribution in [0.3, 0.4) is 0 Å². The molecule has 1 aromatic carbocycles. The third-order valence-corrected chi connectivity index (χ3v) is 5.87. The number of piperidine rings is 1. The molecule has 1 N–H and O–H groups in total. The molecule has 2 bridgehead atoms. The van der Waals surface area contributed by atoms with Gasteiger partial charge in [-0.1, -0.05) is 0 Å². The Morgan fingerprint density at radius 1 is 1.19 bits per heavy atom. The van der Waals surface area contributed by atoms with Crippen LogP contribution in [0, 0.1) is 0 Å². The van der Waals surface area contributed by atoms with Crippen LogP contribution in [0.4, 0.5) is 0 Å². The Balaban J connectivity index is 1.60. The van der Waals surface area contributed by atoms with E-state index in [9.17, 15) is 9.90 Å². The molecule has 2 fully saturated rings. The maximum atomic E-state index is 13.2. The Morgan fingerprint density at radius 2 is 1.85 bits per heavy atom. The molecule has 2 unspecified atom stereocenters. The molecule has 2 aliphatic rings. The number of aliphatic hydroxyl groups is 1. The molecule has 1 amide bonds. The average molecular weight is 371 g/mol. The molecule has 2 aliphatic heterocycles. The Morgan fingerprint density at radius 3 is 2.41 bits per heavy atom. The number of methoxy groups -OCH3 is 2. The minimum absolute atomic E-state index is 0.00560. The highest BCUT2D eigenvalue weighted by molar-refractivity contribution is 5.95. The number of carbonyl (C=O) groups excluding carboxylic acids is 1. The van der Waals surface area contributed by atoms with E-state index in [-0.39, 0.29) is 18.0 Å². The summed E-state index contributed by atoms with van der Waals surface area (Å²) in [5.41, 5.74) is -0.412. The lowest BCUT2D eigenvalue weighted by Crippen LogP contribution is -2.52. The lowest BCUT2D eigenvalue weighted by atomic mass is 9.85. The zero-order valence-electron chi connectivity index (χ0n) is 15.9. The van der Waals surface area contributed by atoms with Crippen molar-refractivity contribution in [2.24, 2.45) is 7.05 Å². The lowest BCUT2D eigenvalue weighted by molar-refractivity contribution is -0.0555. The van der Waals surface area contributed by atoms with Crippen molar-refractivity contribution in [3.63, 3.8) is 0 Å². The molecule has 2 saturated heterocycles. The standard InChI is InChI=1S/C20H25N3O4/c1-22-9-8-21-19(22)20(25)11-14-5-6-15(12-20)23(14)18(24)13-4-7-16(26-2)17(10-13)27-3/h4,7-10,14-15,25H,5-6,11-12H2,1-3H3. The molecule has 27 heavy (non-hydrogen) atoms. The van der Waals surface area contributed by atoms with E-state index in [1.54, 1.807) is 38.6 Å². The van der Waals surface area contributed by atoms with Gasteiger partial charge < -0.3 is 24.0 Å². The van der Waals surface area contributed by atoms with Gasteiger partial charge in [0.05, 0.1) is 14.2 Å². The van der Waals surface area contributed by atoms with Crippen LogP contribution in [0.25, 0.3) is 0 Å². The van der Waals surface area contributed by atoms with E-state index < -0.39 is 5.60 Å². The number of nitrogens with zero attached hydrogens (tertiary/aromatic N) is 3. The van der Waals surface area contributed by atoms with Gasteiger partial charge in [-0.25, -0.2) is 4.98 Å². The maximum Gasteiger partial charge on any atom is 0.254 e. The van der Waals surface area contributed by atoms with Gasteiger partial charge in [-0.15, -0.1) is 0 Å². The molecule has 0 spiro atoms. The minimum atomic E-state index is -0.988. The number of ether oxygens (including phenoxy) is 2. The predicted molar refractivity (Wildman–Crippen MR) is 98.9 cm³/mol. The fraction of sp³-hybridized carbons (Fsp3) is 0.500. The first kappa shape index (κ1) is 17.9. The van der Waals surface area contributed by atoms with Gasteiger partial charge in [0.1, 0.15) is 11.4 Å². The predicted octanol–water partition coefficient (Wildman–Crippen LogP) is 2.09. The Kier molecular flexibility index (Phi) is 4.34. The first-order chi connectivity index (χ1) is 13.0. The topological polar surface area (TPSA) is 76.8 Å². The summed E-state index contributed by atoms with van der Waals surface area (Å²) in [6.07, 6.45) is 6.36. The number of amides is 1. The van der Waals surface area contributed by atoms with Gasteiger partial charge >= 0.3 is 0 Å². The van der Waals surface area contributed by atoms with E-state index in [1.807, 2.05) is 22.7 Å². The smallest absolute Gasteiger partial charge is 0.254 e. The molecule has 7 nitrogen and oxygen atoms in total. The van der Waals surface area contributed by atoms with Crippen LogP contribution in [0.2, 0.25) is 0 Å². The van der Waals surface area contributed by atoms with Gasteiger partial charge in [0, 0.05) is 49.9 Å². The molecule has 0 saturated carbocycles. The van der Waals surface area contributed by atoms with Crippen molar-refractivity contribution >= 4 is 5.91 Å². The molecule has 1 aromatic heterocycles. The number of fused-ring (bicyclic) bond motifs is 2. The number of benzene rings is 1. The van der Waals surface area contributed by atoms with Gasteiger partial charge in [0.25, 0.3) is 5.91 Å². The fourth-order valence-electron chi connectivity index (χ4n) is 4.67. The van der Waals surface area contributed by atoms with Crippen molar-refractivity contribution in [2.45, 2.75) is 43.4 Å². The zero-order valence-corrected chi connectivity index (χ0v) is 15.9. The third-order valence-electron chi connectivity index (χ3n) is 5.87. The first-order valence-electron chi connectivity index (χ1n) is 9.21. The summed E-state index contributed by atoms with van der Waals surface area (Å²) >= 11 is 0. The highest BCUT2D eigenvalue weighted by atomic mass is 16.5. The Hall–Kier alpha value is -2.54. The molecule has 144 valence electrons. The average Bonchev–Trinajstić information content (AvgIpc) is 3.22. The Bertz CT molecular complexity index is 849. The van der Waals surface area contributed by atoms with E-state index in [0.29, 0.717) is 35.7 Å². The summed E-state index contributed by atoms with van der Waals surface area (Å²) in [6.45, 7) is 0. The molecule has 3 heterocycles. The highest BCUT2D eigenvalue weighted by Crippen LogP contribution is 2.46. The van der Waals surface area contributed by atoms with Crippen LogP contribution in [-0.2, 0) is 12.6 Å². The van der Waals surface area contributed by atoms with Crippen LogP contribution in [0.15, 0.2) is 30.6 Å². The maximum absolute atomic E-state index is 13.2. The molecular formula is C20H25N3O4. The van der Waals surface area contributed by atoms with E-state index in [0.717, 1.165) is 12.8 Å². The van der Waals surface area contributed by atoms with Gasteiger partial charge in [0.2, 0.25) is 0 Å².